The van der Waals surface area contributed by atoms with E-state index in [1.54, 1.807) is 0 Å². The van der Waals surface area contributed by atoms with Crippen LogP contribution in [0.4, 0.5) is 0 Å². The van der Waals surface area contributed by atoms with E-state index in [9.17, 15) is 0 Å². The highest BCUT2D eigenvalue weighted by Gasteiger charge is 2.24. The molecule has 0 aliphatic rings. The summed E-state index contributed by atoms with van der Waals surface area (Å²) in [6.07, 6.45) is 6.90. The zero-order valence-corrected chi connectivity index (χ0v) is 23.4. The molecule has 2 unspecified atom stereocenters. The lowest BCUT2D eigenvalue weighted by Gasteiger charge is -2.29. The molecule has 172 valence electrons. The van der Waals surface area contributed by atoms with Gasteiger partial charge in [-0.3, -0.25) is 0 Å². The van der Waals surface area contributed by atoms with Crippen LogP contribution in [0.15, 0.2) is 57.5 Å². The summed E-state index contributed by atoms with van der Waals surface area (Å²) < 4.78 is 9.22. The standard InChI is InChI=1S/C28H40Br2O/c1-27(2,3)19-11-17-25(21-13-7-9-15-23(21)29)31-26(18-12-20-28(4,5)6)22-14-8-10-16-24(22)30/h7-10,13-16,25-26H,11-12,17-20H2,1-6H3. The van der Waals surface area contributed by atoms with Crippen LogP contribution in [0.3, 0.4) is 0 Å². The summed E-state index contributed by atoms with van der Waals surface area (Å²) in [5.74, 6) is 0. The summed E-state index contributed by atoms with van der Waals surface area (Å²) >= 11 is 7.56. The second kappa shape index (κ2) is 12.0. The maximum atomic E-state index is 6.95. The van der Waals surface area contributed by atoms with Gasteiger partial charge in [-0.05, 0) is 72.6 Å². The Morgan fingerprint density at radius 1 is 0.645 bits per heavy atom. The molecule has 0 heterocycles. The van der Waals surface area contributed by atoms with E-state index in [0.29, 0.717) is 10.8 Å². The van der Waals surface area contributed by atoms with Crippen LogP contribution in [-0.4, -0.2) is 0 Å². The molecular weight excluding hydrogens is 512 g/mol. The van der Waals surface area contributed by atoms with Gasteiger partial charge in [-0.15, -0.1) is 0 Å². The predicted molar refractivity (Wildman–Crippen MR) is 141 cm³/mol. The Morgan fingerprint density at radius 3 is 1.32 bits per heavy atom. The first-order valence-electron chi connectivity index (χ1n) is 11.6. The van der Waals surface area contributed by atoms with E-state index < -0.39 is 0 Å². The van der Waals surface area contributed by atoms with Crippen LogP contribution in [0.2, 0.25) is 0 Å². The van der Waals surface area contributed by atoms with Gasteiger partial charge in [0.15, 0.2) is 0 Å². The quantitative estimate of drug-likeness (QED) is 0.285. The zero-order valence-electron chi connectivity index (χ0n) is 20.2. The van der Waals surface area contributed by atoms with Crippen molar-refractivity contribution in [3.05, 3.63) is 68.6 Å². The van der Waals surface area contributed by atoms with Crippen molar-refractivity contribution >= 4 is 31.9 Å². The topological polar surface area (TPSA) is 9.23 Å². The molecular formula is C28H40Br2O. The summed E-state index contributed by atoms with van der Waals surface area (Å²) in [4.78, 5) is 0. The van der Waals surface area contributed by atoms with E-state index in [1.165, 1.54) is 24.0 Å². The predicted octanol–water partition coefficient (Wildman–Crippen LogP) is 10.4. The largest absolute Gasteiger partial charge is 0.366 e. The van der Waals surface area contributed by atoms with Crippen molar-refractivity contribution in [3.63, 3.8) is 0 Å². The molecule has 2 aromatic carbocycles. The van der Waals surface area contributed by atoms with Crippen LogP contribution in [0.1, 0.15) is 103 Å². The number of hydrogen-bond acceptors (Lipinski definition) is 1. The number of benzene rings is 2. The van der Waals surface area contributed by atoms with Gasteiger partial charge in [-0.25, -0.2) is 0 Å². The molecule has 2 atom stereocenters. The van der Waals surface area contributed by atoms with Crippen molar-refractivity contribution in [2.45, 2.75) is 92.3 Å². The summed E-state index contributed by atoms with van der Waals surface area (Å²) in [5, 5.41) is 0. The molecule has 0 radical (unpaired) electrons. The van der Waals surface area contributed by atoms with Gasteiger partial charge < -0.3 is 4.74 Å². The first kappa shape index (κ1) is 26.6. The van der Waals surface area contributed by atoms with Gasteiger partial charge in [0.1, 0.15) is 0 Å². The smallest absolute Gasteiger partial charge is 0.0844 e. The fourth-order valence-electron chi connectivity index (χ4n) is 3.90. The van der Waals surface area contributed by atoms with Crippen LogP contribution < -0.4 is 0 Å². The fourth-order valence-corrected chi connectivity index (χ4v) is 4.98. The van der Waals surface area contributed by atoms with E-state index >= 15 is 0 Å². The van der Waals surface area contributed by atoms with E-state index in [0.717, 1.165) is 34.6 Å². The van der Waals surface area contributed by atoms with E-state index in [2.05, 4.69) is 122 Å². The Balaban J connectivity index is 2.27. The van der Waals surface area contributed by atoms with Crippen LogP contribution in [-0.2, 0) is 4.74 Å². The lowest BCUT2D eigenvalue weighted by atomic mass is 9.88. The van der Waals surface area contributed by atoms with E-state index in [1.807, 2.05) is 0 Å². The molecule has 0 aliphatic heterocycles. The van der Waals surface area contributed by atoms with Crippen LogP contribution in [0, 0.1) is 10.8 Å². The first-order valence-corrected chi connectivity index (χ1v) is 13.2. The Labute approximate surface area is 207 Å². The summed E-state index contributed by atoms with van der Waals surface area (Å²) in [7, 11) is 0. The molecule has 0 aromatic heterocycles. The lowest BCUT2D eigenvalue weighted by molar-refractivity contribution is -0.0286. The molecule has 3 heteroatoms. The maximum Gasteiger partial charge on any atom is 0.0844 e. The average Bonchev–Trinajstić information content (AvgIpc) is 2.65. The van der Waals surface area contributed by atoms with Crippen molar-refractivity contribution in [2.24, 2.45) is 10.8 Å². The molecule has 0 bridgehead atoms. The molecule has 0 amide bonds. The van der Waals surface area contributed by atoms with Crippen LogP contribution >= 0.6 is 31.9 Å². The Kier molecular flexibility index (Phi) is 10.3. The van der Waals surface area contributed by atoms with Crippen molar-refractivity contribution < 1.29 is 4.74 Å². The van der Waals surface area contributed by atoms with Crippen LogP contribution in [0.25, 0.3) is 0 Å². The molecule has 2 aromatic rings. The zero-order chi connectivity index (χ0) is 23.1. The maximum absolute atomic E-state index is 6.95. The minimum absolute atomic E-state index is 0.0738. The molecule has 0 aliphatic carbocycles. The SMILES string of the molecule is CC(C)(C)CCCC(OC(CCCC(C)(C)C)c1ccccc1Br)c1ccccc1Br. The van der Waals surface area contributed by atoms with Gasteiger partial charge in [0.05, 0.1) is 12.2 Å². The van der Waals surface area contributed by atoms with Crippen LogP contribution in [0.5, 0.6) is 0 Å². The van der Waals surface area contributed by atoms with Gasteiger partial charge in [-0.1, -0.05) is 110 Å². The minimum Gasteiger partial charge on any atom is -0.366 e. The Bertz CT molecular complexity index is 734. The third-order valence-electron chi connectivity index (χ3n) is 5.62. The van der Waals surface area contributed by atoms with Gasteiger partial charge >= 0.3 is 0 Å². The Morgan fingerprint density at radius 2 is 1.00 bits per heavy atom. The molecule has 0 fully saturated rings. The number of hydrogen-bond donors (Lipinski definition) is 0. The third-order valence-corrected chi connectivity index (χ3v) is 7.06. The third kappa shape index (κ3) is 9.80. The minimum atomic E-state index is 0.0738. The molecule has 0 N–H and O–H groups in total. The molecule has 0 saturated heterocycles. The summed E-state index contributed by atoms with van der Waals surface area (Å²) in [5.41, 5.74) is 3.19. The summed E-state index contributed by atoms with van der Waals surface area (Å²) in [6, 6.07) is 17.1. The normalized spacial score (nSPS) is 14.5. The number of ether oxygens (including phenoxy) is 1. The molecule has 0 saturated carbocycles. The average molecular weight is 552 g/mol. The van der Waals surface area contributed by atoms with E-state index in [4.69, 9.17) is 4.74 Å². The lowest BCUT2D eigenvalue weighted by Crippen LogP contribution is -2.14. The van der Waals surface area contributed by atoms with Crippen molar-refractivity contribution in [1.29, 1.82) is 0 Å². The van der Waals surface area contributed by atoms with Crippen molar-refractivity contribution in [1.82, 2.24) is 0 Å². The Hall–Kier alpha value is -0.640. The van der Waals surface area contributed by atoms with Crippen molar-refractivity contribution in [3.8, 4) is 0 Å². The highest BCUT2D eigenvalue weighted by Crippen LogP contribution is 2.39. The van der Waals surface area contributed by atoms with Gasteiger partial charge in [0.25, 0.3) is 0 Å². The second-order valence-corrected chi connectivity index (χ2v) is 12.8. The highest BCUT2D eigenvalue weighted by molar-refractivity contribution is 9.10. The molecule has 1 nitrogen and oxygen atoms in total. The number of halogens is 2. The van der Waals surface area contributed by atoms with Gasteiger partial charge in [0, 0.05) is 8.95 Å². The van der Waals surface area contributed by atoms with Gasteiger partial charge in [0.2, 0.25) is 0 Å². The number of rotatable bonds is 10. The first-order chi connectivity index (χ1) is 14.5. The molecule has 2 rings (SSSR count). The fraction of sp³-hybridized carbons (Fsp3) is 0.571. The highest BCUT2D eigenvalue weighted by atomic mass is 79.9. The molecule has 31 heavy (non-hydrogen) atoms. The van der Waals surface area contributed by atoms with Crippen molar-refractivity contribution in [2.75, 3.05) is 0 Å². The molecule has 0 spiro atoms. The van der Waals surface area contributed by atoms with E-state index in [-0.39, 0.29) is 12.2 Å². The van der Waals surface area contributed by atoms with Gasteiger partial charge in [-0.2, -0.15) is 0 Å². The second-order valence-electron chi connectivity index (χ2n) is 11.1. The summed E-state index contributed by atoms with van der Waals surface area (Å²) in [6.45, 7) is 13.9. The monoisotopic (exact) mass is 550 g/mol.